The second-order valence-electron chi connectivity index (χ2n) is 7.20. The fourth-order valence-electron chi connectivity index (χ4n) is 2.82. The van der Waals surface area contributed by atoms with Crippen molar-refractivity contribution in [3.05, 3.63) is 17.1 Å². The van der Waals surface area contributed by atoms with Crippen LogP contribution in [0.15, 0.2) is 9.41 Å². The summed E-state index contributed by atoms with van der Waals surface area (Å²) in [6.45, 7) is 13.1. The minimum Gasteiger partial charge on any atom is -0.428 e. The third-order valence-corrected chi connectivity index (χ3v) is 3.63. The molecule has 2 rings (SSSR count). The average molecular weight is 264 g/mol. The number of oxazole rings is 1. The minimum absolute atomic E-state index is 0.0984. The van der Waals surface area contributed by atoms with Gasteiger partial charge >= 0.3 is 0 Å². The molecule has 0 bridgehead atoms. The molecule has 0 radical (unpaired) electrons. The van der Waals surface area contributed by atoms with Crippen molar-refractivity contribution in [1.29, 1.82) is 0 Å². The Morgan fingerprint density at radius 2 is 2.00 bits per heavy atom. The standard InChI is InChI=1S/C16H28N2O/c1-11(2)18-13-9-7-8-12(3)10-14(13)19-15(18)17-16(4,5)6/h11-12H,7-10H2,1-6H3/b17-15+. The SMILES string of the molecule is CC1CCCc2c(o/c(=N/C(C)(C)C)n2C(C)C)C1. The van der Waals surface area contributed by atoms with Crippen LogP contribution in [-0.2, 0) is 12.8 Å². The van der Waals surface area contributed by atoms with Gasteiger partial charge in [-0.1, -0.05) is 6.92 Å². The van der Waals surface area contributed by atoms with Gasteiger partial charge in [0, 0.05) is 12.5 Å². The molecule has 1 aromatic heterocycles. The summed E-state index contributed by atoms with van der Waals surface area (Å²) < 4.78 is 8.43. The van der Waals surface area contributed by atoms with Crippen LogP contribution in [0.3, 0.4) is 0 Å². The molecule has 1 unspecified atom stereocenters. The van der Waals surface area contributed by atoms with Crippen LogP contribution >= 0.6 is 0 Å². The summed E-state index contributed by atoms with van der Waals surface area (Å²) in [5.74, 6) is 1.89. The van der Waals surface area contributed by atoms with Crippen molar-refractivity contribution in [2.75, 3.05) is 0 Å². The van der Waals surface area contributed by atoms with E-state index >= 15 is 0 Å². The van der Waals surface area contributed by atoms with E-state index < -0.39 is 0 Å². The Morgan fingerprint density at radius 3 is 2.58 bits per heavy atom. The van der Waals surface area contributed by atoms with E-state index in [9.17, 15) is 0 Å². The van der Waals surface area contributed by atoms with Crippen molar-refractivity contribution in [1.82, 2.24) is 4.57 Å². The molecule has 19 heavy (non-hydrogen) atoms. The van der Waals surface area contributed by atoms with Gasteiger partial charge < -0.3 is 4.42 Å². The van der Waals surface area contributed by atoms with E-state index in [0.29, 0.717) is 6.04 Å². The Morgan fingerprint density at radius 1 is 1.32 bits per heavy atom. The van der Waals surface area contributed by atoms with Gasteiger partial charge in [0.15, 0.2) is 0 Å². The van der Waals surface area contributed by atoms with Crippen LogP contribution in [0.4, 0.5) is 0 Å². The molecule has 0 aromatic carbocycles. The van der Waals surface area contributed by atoms with E-state index in [2.05, 4.69) is 46.1 Å². The van der Waals surface area contributed by atoms with E-state index in [0.717, 1.165) is 24.4 Å². The van der Waals surface area contributed by atoms with Crippen molar-refractivity contribution >= 4 is 0 Å². The highest BCUT2D eigenvalue weighted by Gasteiger charge is 2.23. The molecule has 0 aliphatic heterocycles. The minimum atomic E-state index is -0.0984. The summed E-state index contributed by atoms with van der Waals surface area (Å²) in [5, 5.41) is 0. The van der Waals surface area contributed by atoms with Crippen LogP contribution in [0.5, 0.6) is 0 Å². The van der Waals surface area contributed by atoms with Crippen LogP contribution in [-0.4, -0.2) is 10.1 Å². The maximum absolute atomic E-state index is 6.12. The molecule has 1 aromatic rings. The van der Waals surface area contributed by atoms with Crippen LogP contribution in [0.2, 0.25) is 0 Å². The van der Waals surface area contributed by atoms with Gasteiger partial charge in [0.2, 0.25) is 0 Å². The van der Waals surface area contributed by atoms with Crippen molar-refractivity contribution in [3.63, 3.8) is 0 Å². The number of fused-ring (bicyclic) bond motifs is 1. The lowest BCUT2D eigenvalue weighted by molar-refractivity contribution is 0.369. The predicted molar refractivity (Wildman–Crippen MR) is 78.2 cm³/mol. The van der Waals surface area contributed by atoms with Crippen LogP contribution in [0, 0.1) is 5.92 Å². The zero-order valence-corrected chi connectivity index (χ0v) is 13.3. The smallest absolute Gasteiger partial charge is 0.297 e. The van der Waals surface area contributed by atoms with Crippen LogP contribution in [0.1, 0.15) is 71.9 Å². The van der Waals surface area contributed by atoms with Crippen LogP contribution in [0.25, 0.3) is 0 Å². The molecule has 0 saturated carbocycles. The Kier molecular flexibility index (Phi) is 3.93. The van der Waals surface area contributed by atoms with E-state index in [4.69, 9.17) is 9.41 Å². The molecule has 0 saturated heterocycles. The molecule has 0 fully saturated rings. The van der Waals surface area contributed by atoms with E-state index in [1.807, 2.05) is 0 Å². The summed E-state index contributed by atoms with van der Waals surface area (Å²) in [6.07, 6.45) is 4.74. The zero-order valence-electron chi connectivity index (χ0n) is 13.3. The molecule has 3 nitrogen and oxygen atoms in total. The third-order valence-electron chi connectivity index (χ3n) is 3.63. The van der Waals surface area contributed by atoms with Crippen molar-refractivity contribution < 1.29 is 4.42 Å². The highest BCUT2D eigenvalue weighted by atomic mass is 16.4. The monoisotopic (exact) mass is 264 g/mol. The molecule has 0 amide bonds. The van der Waals surface area contributed by atoms with Crippen molar-refractivity contribution in [2.24, 2.45) is 10.9 Å². The predicted octanol–water partition coefficient (Wildman–Crippen LogP) is 3.88. The molecule has 108 valence electrons. The second kappa shape index (κ2) is 5.18. The first-order chi connectivity index (χ1) is 8.78. The van der Waals surface area contributed by atoms with E-state index in [1.54, 1.807) is 0 Å². The largest absolute Gasteiger partial charge is 0.428 e. The number of hydrogen-bond acceptors (Lipinski definition) is 2. The lowest BCUT2D eigenvalue weighted by Gasteiger charge is -2.14. The van der Waals surface area contributed by atoms with Crippen molar-refractivity contribution in [2.45, 2.75) is 78.8 Å². The first-order valence-electron chi connectivity index (χ1n) is 7.57. The highest BCUT2D eigenvalue weighted by molar-refractivity contribution is 5.13. The lowest BCUT2D eigenvalue weighted by Crippen LogP contribution is -2.25. The van der Waals surface area contributed by atoms with Gasteiger partial charge in [-0.05, 0) is 59.8 Å². The highest BCUT2D eigenvalue weighted by Crippen LogP contribution is 2.25. The zero-order chi connectivity index (χ0) is 14.2. The average Bonchev–Trinajstić information content (AvgIpc) is 2.43. The Balaban J connectivity index is 2.58. The normalized spacial score (nSPS) is 21.6. The first kappa shape index (κ1) is 14.4. The van der Waals surface area contributed by atoms with Crippen LogP contribution < -0.4 is 5.68 Å². The topological polar surface area (TPSA) is 30.4 Å². The molecule has 1 heterocycles. The molecular formula is C16H28N2O. The van der Waals surface area contributed by atoms with Gasteiger partial charge in [0.05, 0.1) is 11.2 Å². The number of aromatic nitrogens is 1. The Bertz CT molecular complexity index is 500. The van der Waals surface area contributed by atoms with Gasteiger partial charge in [-0.3, -0.25) is 4.57 Å². The summed E-state index contributed by atoms with van der Waals surface area (Å²) in [7, 11) is 0. The molecule has 0 N–H and O–H groups in total. The molecule has 1 aliphatic rings. The number of nitrogens with zero attached hydrogens (tertiary/aromatic N) is 2. The van der Waals surface area contributed by atoms with Gasteiger partial charge in [0.1, 0.15) is 5.76 Å². The molecule has 1 aliphatic carbocycles. The van der Waals surface area contributed by atoms with E-state index in [-0.39, 0.29) is 5.54 Å². The van der Waals surface area contributed by atoms with Gasteiger partial charge in [0.25, 0.3) is 5.68 Å². The second-order valence-corrected chi connectivity index (χ2v) is 7.20. The summed E-state index contributed by atoms with van der Waals surface area (Å²) in [4.78, 5) is 4.77. The van der Waals surface area contributed by atoms with Crippen molar-refractivity contribution in [3.8, 4) is 0 Å². The fourth-order valence-corrected chi connectivity index (χ4v) is 2.82. The van der Waals surface area contributed by atoms with Gasteiger partial charge in [-0.2, -0.15) is 0 Å². The lowest BCUT2D eigenvalue weighted by atomic mass is 10.0. The summed E-state index contributed by atoms with van der Waals surface area (Å²) in [5.41, 5.74) is 2.09. The maximum Gasteiger partial charge on any atom is 0.297 e. The van der Waals surface area contributed by atoms with Gasteiger partial charge in [-0.25, -0.2) is 4.99 Å². The summed E-state index contributed by atoms with van der Waals surface area (Å²) >= 11 is 0. The summed E-state index contributed by atoms with van der Waals surface area (Å²) in [6, 6.07) is 0.405. The maximum atomic E-state index is 6.12. The van der Waals surface area contributed by atoms with Gasteiger partial charge in [-0.15, -0.1) is 0 Å². The van der Waals surface area contributed by atoms with E-state index in [1.165, 1.54) is 24.3 Å². The Hall–Kier alpha value is -0.990. The molecule has 3 heteroatoms. The Labute approximate surface area is 116 Å². The third kappa shape index (κ3) is 3.31. The number of hydrogen-bond donors (Lipinski definition) is 0. The quantitative estimate of drug-likeness (QED) is 0.708. The molecular weight excluding hydrogens is 236 g/mol. The first-order valence-corrected chi connectivity index (χ1v) is 7.57. The molecule has 1 atom stereocenters. The number of rotatable bonds is 1. The fraction of sp³-hybridized carbons (Fsp3) is 0.812. The molecule has 0 spiro atoms.